The number of rotatable bonds is 7. The lowest BCUT2D eigenvalue weighted by atomic mass is 10.2. The largest absolute Gasteiger partial charge is 0.384 e. The maximum atomic E-state index is 5.31. The Hall–Kier alpha value is -1.84. The van der Waals surface area contributed by atoms with Crippen molar-refractivity contribution in [3.63, 3.8) is 0 Å². The smallest absolute Gasteiger partial charge is 0.243 e. The van der Waals surface area contributed by atoms with Crippen LogP contribution in [-0.2, 0) is 17.7 Å². The van der Waals surface area contributed by atoms with Crippen LogP contribution < -0.4 is 0 Å². The van der Waals surface area contributed by atoms with Gasteiger partial charge in [0.15, 0.2) is 11.6 Å². The molecule has 2 aromatic heterocycles. The molecule has 0 bridgehead atoms. The molecule has 1 aliphatic rings. The Labute approximate surface area is 141 Å². The first kappa shape index (κ1) is 17.0. The zero-order valence-corrected chi connectivity index (χ0v) is 14.4. The van der Waals surface area contributed by atoms with Crippen molar-refractivity contribution in [3.05, 3.63) is 23.4 Å². The summed E-state index contributed by atoms with van der Waals surface area (Å²) in [4.78, 5) is 13.4. The Morgan fingerprint density at radius 3 is 2.58 bits per heavy atom. The molecule has 0 radical (unpaired) electrons. The van der Waals surface area contributed by atoms with Crippen LogP contribution >= 0.6 is 0 Å². The van der Waals surface area contributed by atoms with Gasteiger partial charge in [-0.05, 0) is 13.8 Å². The van der Waals surface area contributed by atoms with Gasteiger partial charge in [0.2, 0.25) is 11.8 Å². The lowest BCUT2D eigenvalue weighted by molar-refractivity contribution is 0.0785. The lowest BCUT2D eigenvalue weighted by Gasteiger charge is -2.36. The minimum Gasteiger partial charge on any atom is -0.384 e. The summed E-state index contributed by atoms with van der Waals surface area (Å²) in [5.74, 6) is 2.72. The van der Waals surface area contributed by atoms with Gasteiger partial charge in [0.25, 0.3) is 0 Å². The molecule has 0 aliphatic carbocycles. The molecule has 9 heteroatoms. The van der Waals surface area contributed by atoms with Crippen LogP contribution in [0.2, 0.25) is 0 Å². The van der Waals surface area contributed by atoms with Crippen molar-refractivity contribution in [3.8, 4) is 0 Å². The van der Waals surface area contributed by atoms with E-state index in [0.29, 0.717) is 43.0 Å². The van der Waals surface area contributed by atoms with Gasteiger partial charge in [-0.3, -0.25) is 9.80 Å². The van der Waals surface area contributed by atoms with E-state index in [1.165, 1.54) is 0 Å². The van der Waals surface area contributed by atoms with Crippen LogP contribution in [0.3, 0.4) is 0 Å². The third-order valence-corrected chi connectivity index (χ3v) is 4.25. The predicted molar refractivity (Wildman–Crippen MR) is 84.2 cm³/mol. The zero-order valence-electron chi connectivity index (χ0n) is 14.4. The first-order valence-corrected chi connectivity index (χ1v) is 8.22. The molecule has 0 amide bonds. The normalized spacial score (nSPS) is 18.1. The number of piperazine rings is 1. The summed E-state index contributed by atoms with van der Waals surface area (Å²) in [6, 6.07) is 0.136. The van der Waals surface area contributed by atoms with E-state index in [0.717, 1.165) is 26.2 Å². The van der Waals surface area contributed by atoms with Crippen molar-refractivity contribution in [2.24, 2.45) is 0 Å². The van der Waals surface area contributed by atoms with Crippen molar-refractivity contribution in [2.75, 3.05) is 39.9 Å². The maximum Gasteiger partial charge on any atom is 0.243 e. The highest BCUT2D eigenvalue weighted by Crippen LogP contribution is 2.20. The van der Waals surface area contributed by atoms with Crippen LogP contribution in [0.15, 0.2) is 9.05 Å². The average molecular weight is 336 g/mol. The minimum absolute atomic E-state index is 0.136. The van der Waals surface area contributed by atoms with E-state index in [4.69, 9.17) is 13.8 Å². The molecule has 1 atom stereocenters. The van der Waals surface area contributed by atoms with Gasteiger partial charge in [-0.2, -0.15) is 9.97 Å². The number of nitrogens with zero attached hydrogens (tertiary/aromatic N) is 6. The predicted octanol–water partition coefficient (Wildman–Crippen LogP) is 0.829. The number of aryl methyl sites for hydroxylation is 1. The van der Waals surface area contributed by atoms with E-state index in [1.807, 2.05) is 6.92 Å². The first-order valence-electron chi connectivity index (χ1n) is 8.22. The first-order chi connectivity index (χ1) is 11.7. The highest BCUT2D eigenvalue weighted by Gasteiger charge is 2.26. The van der Waals surface area contributed by atoms with Gasteiger partial charge >= 0.3 is 0 Å². The molecule has 0 spiro atoms. The zero-order chi connectivity index (χ0) is 16.9. The monoisotopic (exact) mass is 336 g/mol. The molecule has 0 N–H and O–H groups in total. The summed E-state index contributed by atoms with van der Waals surface area (Å²) >= 11 is 0. The molecule has 1 saturated heterocycles. The quantitative estimate of drug-likeness (QED) is 0.728. The SMILES string of the molecule is COCCc1noc(CN2CCN([C@@H](C)c3nc(C)no3)CC2)n1. The van der Waals surface area contributed by atoms with Crippen molar-refractivity contribution in [2.45, 2.75) is 32.9 Å². The van der Waals surface area contributed by atoms with Crippen LogP contribution in [0.4, 0.5) is 0 Å². The fourth-order valence-electron chi connectivity index (χ4n) is 2.79. The molecule has 1 aliphatic heterocycles. The highest BCUT2D eigenvalue weighted by molar-refractivity contribution is 4.93. The summed E-state index contributed by atoms with van der Waals surface area (Å²) in [5, 5.41) is 7.84. The standard InChI is InChI=1S/C15H24N6O3/c1-11(15-16-12(2)18-24-15)21-7-5-20(6-8-21)10-14-17-13(19-23-14)4-9-22-3/h11H,4-10H2,1-3H3/t11-/m0/s1. The summed E-state index contributed by atoms with van der Waals surface area (Å²) < 4.78 is 15.6. The lowest BCUT2D eigenvalue weighted by Crippen LogP contribution is -2.46. The molecular formula is C15H24N6O3. The van der Waals surface area contributed by atoms with E-state index in [1.54, 1.807) is 7.11 Å². The molecule has 0 unspecified atom stereocenters. The molecular weight excluding hydrogens is 312 g/mol. The molecule has 24 heavy (non-hydrogen) atoms. The third kappa shape index (κ3) is 4.16. The second-order valence-electron chi connectivity index (χ2n) is 6.02. The van der Waals surface area contributed by atoms with Gasteiger partial charge in [0.05, 0.1) is 19.2 Å². The molecule has 0 aromatic carbocycles. The van der Waals surface area contributed by atoms with Gasteiger partial charge < -0.3 is 13.8 Å². The van der Waals surface area contributed by atoms with E-state index in [2.05, 4.69) is 37.0 Å². The van der Waals surface area contributed by atoms with Crippen molar-refractivity contribution < 1.29 is 13.8 Å². The van der Waals surface area contributed by atoms with Crippen LogP contribution in [-0.4, -0.2) is 70.0 Å². The molecule has 1 fully saturated rings. The fourth-order valence-corrected chi connectivity index (χ4v) is 2.79. The molecule has 0 saturated carbocycles. The Morgan fingerprint density at radius 1 is 1.12 bits per heavy atom. The second kappa shape index (κ2) is 7.82. The Morgan fingerprint density at radius 2 is 1.92 bits per heavy atom. The van der Waals surface area contributed by atoms with E-state index >= 15 is 0 Å². The number of hydrogen-bond acceptors (Lipinski definition) is 9. The molecule has 3 rings (SSSR count). The highest BCUT2D eigenvalue weighted by atomic mass is 16.5. The van der Waals surface area contributed by atoms with Crippen LogP contribution in [0.1, 0.15) is 36.4 Å². The summed E-state index contributed by atoms with van der Waals surface area (Å²) in [7, 11) is 1.66. The van der Waals surface area contributed by atoms with Gasteiger partial charge in [-0.25, -0.2) is 0 Å². The Kier molecular flexibility index (Phi) is 5.54. The number of hydrogen-bond donors (Lipinski definition) is 0. The molecule has 2 aromatic rings. The minimum atomic E-state index is 0.136. The van der Waals surface area contributed by atoms with Crippen molar-refractivity contribution in [1.82, 2.24) is 30.1 Å². The molecule has 3 heterocycles. The van der Waals surface area contributed by atoms with Crippen molar-refractivity contribution in [1.29, 1.82) is 0 Å². The van der Waals surface area contributed by atoms with Crippen LogP contribution in [0.5, 0.6) is 0 Å². The average Bonchev–Trinajstić information content (AvgIpc) is 3.22. The number of aromatic nitrogens is 4. The Bertz CT molecular complexity index is 635. The van der Waals surface area contributed by atoms with Gasteiger partial charge in [-0.1, -0.05) is 10.3 Å². The number of ether oxygens (including phenoxy) is 1. The van der Waals surface area contributed by atoms with Gasteiger partial charge in [0.1, 0.15) is 0 Å². The Balaban J connectivity index is 1.47. The fraction of sp³-hybridized carbons (Fsp3) is 0.733. The van der Waals surface area contributed by atoms with Gasteiger partial charge in [0, 0.05) is 39.7 Å². The van der Waals surface area contributed by atoms with E-state index in [-0.39, 0.29) is 6.04 Å². The van der Waals surface area contributed by atoms with Crippen molar-refractivity contribution >= 4 is 0 Å². The molecule has 132 valence electrons. The van der Waals surface area contributed by atoms with E-state index < -0.39 is 0 Å². The number of methoxy groups -OCH3 is 1. The summed E-state index contributed by atoms with van der Waals surface area (Å²) in [5.41, 5.74) is 0. The third-order valence-electron chi connectivity index (χ3n) is 4.25. The second-order valence-corrected chi connectivity index (χ2v) is 6.02. The molecule has 9 nitrogen and oxygen atoms in total. The van der Waals surface area contributed by atoms with Crippen LogP contribution in [0, 0.1) is 6.92 Å². The van der Waals surface area contributed by atoms with Gasteiger partial charge in [-0.15, -0.1) is 0 Å². The maximum absolute atomic E-state index is 5.31. The summed E-state index contributed by atoms with van der Waals surface area (Å²) in [6.45, 7) is 8.97. The van der Waals surface area contributed by atoms with E-state index in [9.17, 15) is 0 Å². The van der Waals surface area contributed by atoms with Crippen LogP contribution in [0.25, 0.3) is 0 Å². The summed E-state index contributed by atoms with van der Waals surface area (Å²) in [6.07, 6.45) is 0.675. The topological polar surface area (TPSA) is 93.6 Å².